The van der Waals surface area contributed by atoms with Crippen molar-refractivity contribution in [2.75, 3.05) is 19.8 Å². The number of nitrogens with zero attached hydrogens (tertiary/aromatic N) is 1. The second-order valence-corrected chi connectivity index (χ2v) is 7.93. The van der Waals surface area contributed by atoms with Gasteiger partial charge < -0.3 is 69.0 Å². The predicted molar refractivity (Wildman–Crippen MR) is 110 cm³/mol. The van der Waals surface area contributed by atoms with Crippen molar-refractivity contribution in [3.8, 4) is 0 Å². The summed E-state index contributed by atoms with van der Waals surface area (Å²) < 4.78 is 1.85. The van der Waals surface area contributed by atoms with E-state index in [9.17, 15) is 45.0 Å². The molecule has 10 nitrogen and oxygen atoms in total. The van der Waals surface area contributed by atoms with Gasteiger partial charge in [-0.2, -0.15) is 0 Å². The maximum absolute atomic E-state index is 9.59. The van der Waals surface area contributed by atoms with E-state index in [0.29, 0.717) is 0 Å². The summed E-state index contributed by atoms with van der Waals surface area (Å²) in [6, 6.07) is 3.56. The molecule has 1 aromatic heterocycles. The van der Waals surface area contributed by atoms with E-state index >= 15 is 0 Å². The van der Waals surface area contributed by atoms with Gasteiger partial charge in [0.05, 0.1) is 25.2 Å². The highest BCUT2D eigenvalue weighted by Crippen LogP contribution is 2.21. The number of hydrogen-bond donors (Lipinski definition) is 3. The zero-order valence-electron chi connectivity index (χ0n) is 20.3. The summed E-state index contributed by atoms with van der Waals surface area (Å²) >= 11 is 0. The lowest BCUT2D eigenvalue weighted by molar-refractivity contribution is -0.671. The molecule has 3 N–H and O–H groups in total. The van der Waals surface area contributed by atoms with Crippen molar-refractivity contribution < 1.29 is 73.6 Å². The summed E-state index contributed by atoms with van der Waals surface area (Å²) in [5.41, 5.74) is -0.197. The Hall–Kier alpha value is -1.83. The van der Waals surface area contributed by atoms with E-state index in [-0.39, 0.29) is 61.6 Å². The Labute approximate surface area is 212 Å². The van der Waals surface area contributed by atoms with Crippen LogP contribution in [0.2, 0.25) is 0 Å². The number of carboxylic acids is 3. The van der Waals surface area contributed by atoms with Gasteiger partial charge in [0, 0.05) is 30.0 Å². The third kappa shape index (κ3) is 19.4. The second kappa shape index (κ2) is 20.8. The standard InChI is InChI=1S/C10H16NO3.3C4H8O2.HI/c1-11-4-2-9(3-5-11)10(6-12,7-13)8-14;3*1-3(2)4(5)6;/h2-5,12-14H,6-8H2,1H3;3*3H,1-2H3,(H,5,6);1H/q+1;;;;/p-4. The maximum atomic E-state index is 9.59. The lowest BCUT2D eigenvalue weighted by Gasteiger charge is -2.27. The number of carbonyl (C=O) groups is 3. The van der Waals surface area contributed by atoms with Crippen LogP contribution in [0.1, 0.15) is 47.1 Å². The molecule has 0 saturated carbocycles. The molecular formula is C22H37INO9-3. The van der Waals surface area contributed by atoms with Crippen LogP contribution in [0, 0.1) is 17.8 Å². The second-order valence-electron chi connectivity index (χ2n) is 7.93. The van der Waals surface area contributed by atoms with E-state index < -0.39 is 23.3 Å². The fourth-order valence-electron chi connectivity index (χ4n) is 1.28. The number of halogens is 1. The van der Waals surface area contributed by atoms with Gasteiger partial charge in [-0.05, 0) is 23.3 Å². The molecule has 0 aromatic carbocycles. The zero-order valence-corrected chi connectivity index (χ0v) is 22.4. The molecule has 0 aliphatic rings. The van der Waals surface area contributed by atoms with Crippen molar-refractivity contribution in [3.05, 3.63) is 30.1 Å². The first-order valence-electron chi connectivity index (χ1n) is 10.0. The van der Waals surface area contributed by atoms with E-state index in [1.807, 2.05) is 24.0 Å². The Kier molecular flexibility index (Phi) is 24.2. The average molecular weight is 586 g/mol. The smallest absolute Gasteiger partial charge is 0.168 e. The fraction of sp³-hybridized carbons (Fsp3) is 0.636. The van der Waals surface area contributed by atoms with Crippen molar-refractivity contribution in [1.29, 1.82) is 0 Å². The van der Waals surface area contributed by atoms with Crippen LogP contribution in [-0.2, 0) is 26.8 Å². The number of aliphatic hydroxyl groups excluding tert-OH is 3. The molecule has 194 valence electrons. The Morgan fingerprint density at radius 2 is 0.970 bits per heavy atom. The van der Waals surface area contributed by atoms with Crippen LogP contribution < -0.4 is 43.9 Å². The van der Waals surface area contributed by atoms with Gasteiger partial charge in [-0.15, -0.1) is 0 Å². The Morgan fingerprint density at radius 1 is 0.758 bits per heavy atom. The van der Waals surface area contributed by atoms with Crippen LogP contribution in [-0.4, -0.2) is 53.0 Å². The van der Waals surface area contributed by atoms with Gasteiger partial charge in [0.25, 0.3) is 0 Å². The van der Waals surface area contributed by atoms with Crippen LogP contribution in [0.25, 0.3) is 0 Å². The van der Waals surface area contributed by atoms with Crippen LogP contribution in [0.4, 0.5) is 0 Å². The molecular weight excluding hydrogens is 549 g/mol. The number of rotatable bonds is 7. The van der Waals surface area contributed by atoms with E-state index in [1.165, 1.54) is 0 Å². The van der Waals surface area contributed by atoms with Crippen molar-refractivity contribution in [2.45, 2.75) is 47.0 Å². The minimum Gasteiger partial charge on any atom is -1.00 e. The molecule has 1 rings (SSSR count). The highest BCUT2D eigenvalue weighted by molar-refractivity contribution is 5.67. The zero-order chi connectivity index (χ0) is 26.1. The topological polar surface area (TPSA) is 185 Å². The Balaban J connectivity index is -0.000000187. The van der Waals surface area contributed by atoms with Crippen molar-refractivity contribution >= 4 is 17.9 Å². The van der Waals surface area contributed by atoms with Gasteiger partial charge in [0.1, 0.15) is 7.05 Å². The Bertz CT molecular complexity index is 607. The fourth-order valence-corrected chi connectivity index (χ4v) is 1.28. The van der Waals surface area contributed by atoms with E-state index in [4.69, 9.17) is 0 Å². The number of hydrogen-bond acceptors (Lipinski definition) is 9. The van der Waals surface area contributed by atoms with Gasteiger partial charge in [0.15, 0.2) is 12.4 Å². The van der Waals surface area contributed by atoms with Crippen LogP contribution >= 0.6 is 0 Å². The molecule has 0 atom stereocenters. The van der Waals surface area contributed by atoms with E-state index in [2.05, 4.69) is 0 Å². The van der Waals surface area contributed by atoms with Gasteiger partial charge in [-0.3, -0.25) is 0 Å². The van der Waals surface area contributed by atoms with Gasteiger partial charge in [-0.1, -0.05) is 41.5 Å². The van der Waals surface area contributed by atoms with E-state index in [0.717, 1.165) is 5.56 Å². The first-order chi connectivity index (χ1) is 14.6. The molecule has 0 saturated heterocycles. The van der Waals surface area contributed by atoms with Gasteiger partial charge in [-0.25, -0.2) is 4.57 Å². The molecule has 0 bridgehead atoms. The summed E-state index contributed by atoms with van der Waals surface area (Å²) in [7, 11) is 1.88. The lowest BCUT2D eigenvalue weighted by atomic mass is 9.83. The summed E-state index contributed by atoms with van der Waals surface area (Å²) in [6.45, 7) is 8.66. The van der Waals surface area contributed by atoms with E-state index in [1.54, 1.807) is 53.7 Å². The number of carboxylic acid groups (broad SMARTS) is 3. The molecule has 0 unspecified atom stereocenters. The average Bonchev–Trinajstić information content (AvgIpc) is 2.72. The summed E-state index contributed by atoms with van der Waals surface area (Å²) in [4.78, 5) is 28.8. The Morgan fingerprint density at radius 3 is 1.12 bits per heavy atom. The molecule has 11 heteroatoms. The predicted octanol–water partition coefficient (Wildman–Crippen LogP) is -6.09. The number of carbonyl (C=O) groups excluding carboxylic acids is 3. The number of pyridine rings is 1. The van der Waals surface area contributed by atoms with Crippen molar-refractivity contribution in [3.63, 3.8) is 0 Å². The highest BCUT2D eigenvalue weighted by Gasteiger charge is 2.30. The minimum atomic E-state index is -0.991. The van der Waals surface area contributed by atoms with Crippen LogP contribution in [0.15, 0.2) is 24.5 Å². The van der Waals surface area contributed by atoms with Gasteiger partial charge >= 0.3 is 0 Å². The molecule has 0 fully saturated rings. The minimum absolute atomic E-state index is 0. The monoisotopic (exact) mass is 586 g/mol. The molecule has 0 amide bonds. The number of aliphatic carboxylic acids is 3. The third-order valence-electron chi connectivity index (χ3n) is 3.91. The maximum Gasteiger partial charge on any atom is 0.168 e. The largest absolute Gasteiger partial charge is 1.00 e. The van der Waals surface area contributed by atoms with Crippen LogP contribution in [0.3, 0.4) is 0 Å². The molecule has 1 heterocycles. The van der Waals surface area contributed by atoms with Gasteiger partial charge in [0.2, 0.25) is 0 Å². The van der Waals surface area contributed by atoms with Crippen LogP contribution in [0.5, 0.6) is 0 Å². The lowest BCUT2D eigenvalue weighted by Crippen LogP contribution is -3.00. The van der Waals surface area contributed by atoms with Crippen molar-refractivity contribution in [2.24, 2.45) is 24.8 Å². The molecule has 0 radical (unpaired) electrons. The molecule has 0 aliphatic carbocycles. The molecule has 1 aromatic rings. The molecule has 0 spiro atoms. The third-order valence-corrected chi connectivity index (χ3v) is 3.91. The first-order valence-corrected chi connectivity index (χ1v) is 10.0. The molecule has 33 heavy (non-hydrogen) atoms. The number of aliphatic hydroxyl groups is 3. The summed E-state index contributed by atoms with van der Waals surface area (Å²) in [5, 5.41) is 56.3. The first kappa shape index (κ1) is 38.4. The number of aromatic nitrogens is 1. The summed E-state index contributed by atoms with van der Waals surface area (Å²) in [5.74, 6) is -4.00. The summed E-state index contributed by atoms with van der Waals surface area (Å²) in [6.07, 6.45) is 3.62. The SMILES string of the molecule is CC(C)C(=O)[O-].CC(C)C(=O)[O-].CC(C)C(=O)[O-].C[n+]1ccc(C(CO)(CO)CO)cc1.[I-]. The van der Waals surface area contributed by atoms with Crippen molar-refractivity contribution in [1.82, 2.24) is 0 Å². The quantitative estimate of drug-likeness (QED) is 0.207. The number of aryl methyl sites for hydroxylation is 1. The molecule has 0 aliphatic heterocycles. The highest BCUT2D eigenvalue weighted by atomic mass is 127. The normalized spacial score (nSPS) is 9.97.